The number of hydrogen-bond acceptors (Lipinski definition) is 2. The Kier molecular flexibility index (Phi) is 5.82. The van der Waals surface area contributed by atoms with Crippen LogP contribution in [0.3, 0.4) is 0 Å². The molecule has 0 saturated carbocycles. The second-order valence-electron chi connectivity index (χ2n) is 4.66. The highest BCUT2D eigenvalue weighted by molar-refractivity contribution is 5.32. The lowest BCUT2D eigenvalue weighted by atomic mass is 9.97. The van der Waals surface area contributed by atoms with Crippen LogP contribution >= 0.6 is 0 Å². The van der Waals surface area contributed by atoms with E-state index in [1.54, 1.807) is 7.05 Å². The molecule has 0 aliphatic carbocycles. The summed E-state index contributed by atoms with van der Waals surface area (Å²) < 4.78 is 40.5. The molecule has 1 unspecified atom stereocenters. The number of ether oxygens (including phenoxy) is 1. The van der Waals surface area contributed by atoms with Gasteiger partial charge in [0, 0.05) is 12.6 Å². The van der Waals surface area contributed by atoms with Crippen molar-refractivity contribution in [1.82, 2.24) is 5.32 Å². The van der Waals surface area contributed by atoms with Gasteiger partial charge in [-0.3, -0.25) is 0 Å². The van der Waals surface area contributed by atoms with Gasteiger partial charge in [-0.15, -0.1) is 0 Å². The zero-order valence-electron chi connectivity index (χ0n) is 11.5. The van der Waals surface area contributed by atoms with Crippen molar-refractivity contribution in [2.24, 2.45) is 0 Å². The Balaban J connectivity index is 2.56. The molecule has 1 aromatic rings. The van der Waals surface area contributed by atoms with E-state index >= 15 is 0 Å². The maximum atomic E-state index is 12.0. The summed E-state index contributed by atoms with van der Waals surface area (Å²) in [6, 6.07) is 6.10. The van der Waals surface area contributed by atoms with E-state index in [4.69, 9.17) is 0 Å². The molecule has 0 fully saturated rings. The molecular weight excluding hydrogens is 255 g/mol. The second kappa shape index (κ2) is 6.91. The lowest BCUT2D eigenvalue weighted by molar-refractivity contribution is -0.174. The summed E-state index contributed by atoms with van der Waals surface area (Å²) in [4.78, 5) is 0. The highest BCUT2D eigenvalue weighted by Gasteiger charge is 2.27. The van der Waals surface area contributed by atoms with Crippen molar-refractivity contribution < 1.29 is 17.9 Å². The third-order valence-corrected chi connectivity index (χ3v) is 2.98. The van der Waals surface area contributed by atoms with Crippen LogP contribution in [0.15, 0.2) is 18.2 Å². The minimum absolute atomic E-state index is 0.00753. The molecule has 0 aliphatic rings. The summed E-state index contributed by atoms with van der Waals surface area (Å²) in [7, 11) is 1.80. The molecule has 0 aromatic heterocycles. The molecule has 19 heavy (non-hydrogen) atoms. The van der Waals surface area contributed by atoms with E-state index in [2.05, 4.69) is 16.1 Å². The molecule has 0 aliphatic heterocycles. The second-order valence-corrected chi connectivity index (χ2v) is 4.66. The predicted octanol–water partition coefficient (Wildman–Crippen LogP) is 3.53. The average Bonchev–Trinajstić information content (AvgIpc) is 2.32. The Morgan fingerprint density at radius 2 is 1.95 bits per heavy atom. The van der Waals surface area contributed by atoms with Crippen molar-refractivity contribution >= 4 is 0 Å². The van der Waals surface area contributed by atoms with Crippen LogP contribution in [-0.2, 0) is 4.74 Å². The average molecular weight is 275 g/mol. The maximum Gasteiger partial charge on any atom is 0.411 e. The Bertz CT molecular complexity index is 404. The SMILES string of the molecule is CNC(CCOCC(F)(F)F)c1cc(C)ccc1C. The van der Waals surface area contributed by atoms with E-state index in [0.717, 1.165) is 16.7 Å². The molecule has 0 bridgehead atoms. The lowest BCUT2D eigenvalue weighted by Crippen LogP contribution is -2.22. The van der Waals surface area contributed by atoms with Crippen molar-refractivity contribution in [1.29, 1.82) is 0 Å². The molecule has 0 spiro atoms. The van der Waals surface area contributed by atoms with Gasteiger partial charge in [0.25, 0.3) is 0 Å². The molecule has 1 aromatic carbocycles. The van der Waals surface area contributed by atoms with E-state index in [-0.39, 0.29) is 12.6 Å². The molecule has 1 rings (SSSR count). The summed E-state index contributed by atoms with van der Waals surface area (Å²) in [5.74, 6) is 0. The fourth-order valence-corrected chi connectivity index (χ4v) is 1.98. The van der Waals surface area contributed by atoms with Crippen LogP contribution in [0.25, 0.3) is 0 Å². The zero-order chi connectivity index (χ0) is 14.5. The standard InChI is InChI=1S/C14H20F3NO/c1-10-4-5-11(2)12(8-10)13(18-3)6-7-19-9-14(15,16)17/h4-5,8,13,18H,6-7,9H2,1-3H3. The third-order valence-electron chi connectivity index (χ3n) is 2.98. The number of aryl methyl sites for hydroxylation is 2. The highest BCUT2D eigenvalue weighted by Crippen LogP contribution is 2.22. The van der Waals surface area contributed by atoms with Gasteiger partial charge < -0.3 is 10.1 Å². The van der Waals surface area contributed by atoms with Gasteiger partial charge in [-0.05, 0) is 38.4 Å². The number of rotatable bonds is 6. The first-order chi connectivity index (χ1) is 8.83. The summed E-state index contributed by atoms with van der Waals surface area (Å²) >= 11 is 0. The number of halogens is 3. The molecule has 1 atom stereocenters. The summed E-state index contributed by atoms with van der Waals surface area (Å²) in [5, 5.41) is 3.12. The number of alkyl halides is 3. The number of hydrogen-bond donors (Lipinski definition) is 1. The minimum Gasteiger partial charge on any atom is -0.372 e. The van der Waals surface area contributed by atoms with Crippen LogP contribution < -0.4 is 5.32 Å². The summed E-state index contributed by atoms with van der Waals surface area (Å²) in [6.45, 7) is 2.89. The molecule has 0 radical (unpaired) electrons. The molecular formula is C14H20F3NO. The van der Waals surface area contributed by atoms with E-state index in [1.165, 1.54) is 0 Å². The van der Waals surface area contributed by atoms with Crippen molar-refractivity contribution in [2.75, 3.05) is 20.3 Å². The lowest BCUT2D eigenvalue weighted by Gasteiger charge is -2.19. The summed E-state index contributed by atoms with van der Waals surface area (Å²) in [5.41, 5.74) is 3.37. The Labute approximate surface area is 112 Å². The van der Waals surface area contributed by atoms with Gasteiger partial charge in [-0.1, -0.05) is 23.8 Å². The fourth-order valence-electron chi connectivity index (χ4n) is 1.98. The number of benzene rings is 1. The van der Waals surface area contributed by atoms with Crippen LogP contribution in [0.2, 0.25) is 0 Å². The van der Waals surface area contributed by atoms with E-state index in [9.17, 15) is 13.2 Å². The highest BCUT2D eigenvalue weighted by atomic mass is 19.4. The molecule has 1 N–H and O–H groups in total. The van der Waals surface area contributed by atoms with Crippen LogP contribution in [0.1, 0.15) is 29.2 Å². The van der Waals surface area contributed by atoms with Gasteiger partial charge in [0.1, 0.15) is 6.61 Å². The minimum atomic E-state index is -4.26. The van der Waals surface area contributed by atoms with Gasteiger partial charge >= 0.3 is 6.18 Å². The van der Waals surface area contributed by atoms with Crippen LogP contribution in [0.5, 0.6) is 0 Å². The zero-order valence-corrected chi connectivity index (χ0v) is 11.5. The molecule has 108 valence electrons. The molecule has 0 heterocycles. The van der Waals surface area contributed by atoms with Crippen molar-refractivity contribution in [3.05, 3.63) is 34.9 Å². The Hall–Kier alpha value is -1.07. The van der Waals surface area contributed by atoms with Crippen LogP contribution in [0.4, 0.5) is 13.2 Å². The third kappa shape index (κ3) is 5.61. The van der Waals surface area contributed by atoms with E-state index in [1.807, 2.05) is 26.0 Å². The molecule has 0 amide bonds. The first kappa shape index (κ1) is 16.0. The van der Waals surface area contributed by atoms with Crippen LogP contribution in [0, 0.1) is 13.8 Å². The Morgan fingerprint density at radius 3 is 2.53 bits per heavy atom. The Morgan fingerprint density at radius 1 is 1.26 bits per heavy atom. The molecule has 0 saturated heterocycles. The van der Waals surface area contributed by atoms with Crippen molar-refractivity contribution in [3.8, 4) is 0 Å². The largest absolute Gasteiger partial charge is 0.411 e. The first-order valence-electron chi connectivity index (χ1n) is 6.22. The van der Waals surface area contributed by atoms with Gasteiger partial charge in [0.15, 0.2) is 0 Å². The van der Waals surface area contributed by atoms with Crippen molar-refractivity contribution in [3.63, 3.8) is 0 Å². The molecule has 5 heteroatoms. The van der Waals surface area contributed by atoms with Gasteiger partial charge in [-0.25, -0.2) is 0 Å². The van der Waals surface area contributed by atoms with E-state index < -0.39 is 12.8 Å². The van der Waals surface area contributed by atoms with Gasteiger partial charge in [0.2, 0.25) is 0 Å². The van der Waals surface area contributed by atoms with Gasteiger partial charge in [0.05, 0.1) is 0 Å². The van der Waals surface area contributed by atoms with Gasteiger partial charge in [-0.2, -0.15) is 13.2 Å². The first-order valence-corrected chi connectivity index (χ1v) is 6.22. The monoisotopic (exact) mass is 275 g/mol. The van der Waals surface area contributed by atoms with E-state index in [0.29, 0.717) is 6.42 Å². The predicted molar refractivity (Wildman–Crippen MR) is 69.2 cm³/mol. The smallest absolute Gasteiger partial charge is 0.372 e. The van der Waals surface area contributed by atoms with Crippen molar-refractivity contribution in [2.45, 2.75) is 32.5 Å². The maximum absolute atomic E-state index is 12.0. The summed E-state index contributed by atoms with van der Waals surface area (Å²) in [6.07, 6.45) is -3.74. The molecule has 2 nitrogen and oxygen atoms in total. The number of nitrogens with one attached hydrogen (secondary N) is 1. The quantitative estimate of drug-likeness (QED) is 0.802. The topological polar surface area (TPSA) is 21.3 Å². The fraction of sp³-hybridized carbons (Fsp3) is 0.571. The van der Waals surface area contributed by atoms with Crippen LogP contribution in [-0.4, -0.2) is 26.4 Å². The normalized spacial score (nSPS) is 13.6.